The average Bonchev–Trinajstić information content (AvgIpc) is 3.24. The lowest BCUT2D eigenvalue weighted by atomic mass is 10.0. The Morgan fingerprint density at radius 2 is 1.86 bits per heavy atom. The predicted octanol–water partition coefficient (Wildman–Crippen LogP) is 3.03. The van der Waals surface area contributed by atoms with Crippen molar-refractivity contribution in [2.45, 2.75) is 30.8 Å². The number of nitrogens with zero attached hydrogens (tertiary/aromatic N) is 3. The van der Waals surface area contributed by atoms with Crippen LogP contribution in [0.5, 0.6) is 0 Å². The Morgan fingerprint density at radius 1 is 1.08 bits per heavy atom. The fourth-order valence-electron chi connectivity index (χ4n) is 4.08. The molecule has 1 amide bonds. The van der Waals surface area contributed by atoms with Gasteiger partial charge in [0.1, 0.15) is 0 Å². The maximum absolute atomic E-state index is 12.9. The van der Waals surface area contributed by atoms with Crippen molar-refractivity contribution in [1.29, 1.82) is 0 Å². The topological polar surface area (TPSA) is 145 Å². The summed E-state index contributed by atoms with van der Waals surface area (Å²) >= 11 is 0. The second-order valence-corrected chi connectivity index (χ2v) is 11.1. The van der Waals surface area contributed by atoms with E-state index in [-0.39, 0.29) is 34.1 Å². The van der Waals surface area contributed by atoms with Gasteiger partial charge in [-0.15, -0.1) is 0 Å². The highest BCUT2D eigenvalue weighted by atomic mass is 32.2. The Kier molecular flexibility index (Phi) is 5.30. The van der Waals surface area contributed by atoms with Crippen molar-refractivity contribution in [3.63, 3.8) is 0 Å². The van der Waals surface area contributed by atoms with Crippen LogP contribution in [0.4, 0.5) is 11.4 Å². The van der Waals surface area contributed by atoms with Gasteiger partial charge in [0.15, 0.2) is 11.8 Å². The number of benzene rings is 2. The molecule has 2 atom stereocenters. The number of hydrogen-bond donors (Lipinski definition) is 2. The molecule has 2 aliphatic heterocycles. The number of carbonyl (C=O) groups excluding carboxylic acids is 1. The zero-order valence-electron chi connectivity index (χ0n) is 19.3. The van der Waals surface area contributed by atoms with Crippen LogP contribution in [0.2, 0.25) is 0 Å². The molecule has 3 heterocycles. The summed E-state index contributed by atoms with van der Waals surface area (Å²) in [7, 11) is -3.87. The zero-order valence-corrected chi connectivity index (χ0v) is 20.1. The Morgan fingerprint density at radius 3 is 2.64 bits per heavy atom. The van der Waals surface area contributed by atoms with Crippen molar-refractivity contribution in [2.24, 2.45) is 16.5 Å². The number of rotatable bonds is 7. The van der Waals surface area contributed by atoms with Gasteiger partial charge in [-0.3, -0.25) is 9.52 Å². The number of fused-ring (bicyclic) bond motifs is 1. The fourth-order valence-corrected chi connectivity index (χ4v) is 5.13. The molecule has 186 valence electrons. The van der Waals surface area contributed by atoms with Gasteiger partial charge >= 0.3 is 0 Å². The van der Waals surface area contributed by atoms with Crippen LogP contribution in [-0.2, 0) is 24.4 Å². The summed E-state index contributed by atoms with van der Waals surface area (Å²) in [5.41, 5.74) is 1.69. The largest absolute Gasteiger partial charge is 0.389 e. The Bertz CT molecular complexity index is 1460. The molecule has 2 fully saturated rings. The number of oxime groups is 1. The smallest absolute Gasteiger partial charge is 0.276 e. The molecule has 2 unspecified atom stereocenters. The summed E-state index contributed by atoms with van der Waals surface area (Å²) < 4.78 is 39.2. The summed E-state index contributed by atoms with van der Waals surface area (Å²) in [6.07, 6.45) is 1.57. The van der Waals surface area contributed by atoms with E-state index in [1.807, 2.05) is 6.92 Å². The molecule has 6 rings (SSSR count). The molecule has 1 saturated heterocycles. The number of hydrogen-bond acceptors (Lipinski definition) is 9. The molecule has 1 saturated carbocycles. The molecule has 1 aromatic heterocycles. The molecule has 0 radical (unpaired) electrons. The lowest BCUT2D eigenvalue weighted by Crippen LogP contribution is -2.21. The van der Waals surface area contributed by atoms with Crippen LogP contribution in [0.25, 0.3) is 11.4 Å². The van der Waals surface area contributed by atoms with Gasteiger partial charge in [0.05, 0.1) is 29.7 Å². The first-order valence-corrected chi connectivity index (χ1v) is 13.0. The second-order valence-electron chi connectivity index (χ2n) is 9.41. The van der Waals surface area contributed by atoms with Crippen LogP contribution >= 0.6 is 0 Å². The lowest BCUT2D eigenvalue weighted by Gasteiger charge is -2.12. The molecular formula is C24H23N5O6S. The van der Waals surface area contributed by atoms with Crippen LogP contribution in [0.15, 0.2) is 63.1 Å². The molecule has 12 heteroatoms. The van der Waals surface area contributed by atoms with Gasteiger partial charge in [-0.05, 0) is 55.3 Å². The van der Waals surface area contributed by atoms with Gasteiger partial charge in [0.2, 0.25) is 11.7 Å². The molecule has 1 aliphatic carbocycles. The van der Waals surface area contributed by atoms with E-state index in [2.05, 4.69) is 25.3 Å². The van der Waals surface area contributed by atoms with E-state index in [0.29, 0.717) is 41.7 Å². The molecule has 2 aromatic carbocycles. The number of ether oxygens (including phenoxy) is 1. The van der Waals surface area contributed by atoms with E-state index in [9.17, 15) is 13.2 Å². The lowest BCUT2D eigenvalue weighted by molar-refractivity contribution is -0.120. The predicted molar refractivity (Wildman–Crippen MR) is 129 cm³/mol. The monoisotopic (exact) mass is 509 g/mol. The van der Waals surface area contributed by atoms with Crippen LogP contribution in [0, 0.1) is 11.3 Å². The number of carbonyl (C=O) groups is 1. The first-order valence-electron chi connectivity index (χ1n) is 11.5. The molecule has 3 aromatic rings. The third-order valence-corrected chi connectivity index (χ3v) is 8.05. The van der Waals surface area contributed by atoms with Crippen molar-refractivity contribution in [2.75, 3.05) is 23.3 Å². The van der Waals surface area contributed by atoms with E-state index in [1.165, 1.54) is 12.1 Å². The third-order valence-electron chi connectivity index (χ3n) is 6.65. The zero-order chi connectivity index (χ0) is 24.9. The molecule has 2 N–H and O–H groups in total. The van der Waals surface area contributed by atoms with Crippen molar-refractivity contribution < 1.29 is 27.3 Å². The average molecular weight is 510 g/mol. The highest BCUT2D eigenvalue weighted by Crippen LogP contribution is 2.45. The minimum atomic E-state index is -3.87. The molecule has 0 bridgehead atoms. The van der Waals surface area contributed by atoms with Gasteiger partial charge in [-0.1, -0.05) is 23.3 Å². The van der Waals surface area contributed by atoms with Gasteiger partial charge in [0, 0.05) is 16.7 Å². The van der Waals surface area contributed by atoms with E-state index in [1.54, 1.807) is 36.4 Å². The quantitative estimate of drug-likeness (QED) is 0.494. The fraction of sp³-hybridized carbons (Fsp3) is 0.333. The van der Waals surface area contributed by atoms with E-state index < -0.39 is 10.0 Å². The maximum atomic E-state index is 12.9. The van der Waals surface area contributed by atoms with Gasteiger partial charge in [0.25, 0.3) is 15.9 Å². The SMILES string of the molecule is CC1(C(=O)Nc2cccc(NS(=O)(=O)c3ccc(-c4noc(C5=NOC6COCC56)n4)cc3)c2)CC1. The minimum absolute atomic E-state index is 0.0412. The van der Waals surface area contributed by atoms with Crippen molar-refractivity contribution in [3.05, 3.63) is 54.4 Å². The Balaban J connectivity index is 1.15. The number of nitrogens with one attached hydrogen (secondary N) is 2. The van der Waals surface area contributed by atoms with Gasteiger partial charge < -0.3 is 19.4 Å². The van der Waals surface area contributed by atoms with E-state index in [4.69, 9.17) is 14.1 Å². The van der Waals surface area contributed by atoms with Crippen molar-refractivity contribution in [1.82, 2.24) is 10.1 Å². The standard InChI is InChI=1S/C24H23N5O6S/c1-24(9-10-24)23(30)25-15-3-2-4-16(11-15)29-36(31,32)17-7-5-14(6-8-17)21-26-22(35-28-21)20-18-12-33-13-19(18)34-27-20/h2-8,11,18-19,29H,9-10,12-13H2,1H3,(H,25,30). The van der Waals surface area contributed by atoms with Crippen LogP contribution in [-0.4, -0.2) is 49.5 Å². The van der Waals surface area contributed by atoms with Crippen molar-refractivity contribution in [3.8, 4) is 11.4 Å². The number of amides is 1. The van der Waals surface area contributed by atoms with Gasteiger partial charge in [-0.25, -0.2) is 8.42 Å². The number of aromatic nitrogens is 2. The van der Waals surface area contributed by atoms with Crippen LogP contribution in [0.1, 0.15) is 25.7 Å². The Labute approximate surface area is 206 Å². The first-order chi connectivity index (χ1) is 17.3. The van der Waals surface area contributed by atoms with E-state index >= 15 is 0 Å². The van der Waals surface area contributed by atoms with Crippen LogP contribution < -0.4 is 10.0 Å². The molecule has 11 nitrogen and oxygen atoms in total. The third kappa shape index (κ3) is 4.22. The minimum Gasteiger partial charge on any atom is -0.389 e. The van der Waals surface area contributed by atoms with Crippen molar-refractivity contribution >= 4 is 33.0 Å². The molecular weight excluding hydrogens is 486 g/mol. The van der Waals surface area contributed by atoms with E-state index in [0.717, 1.165) is 12.8 Å². The molecule has 0 spiro atoms. The summed E-state index contributed by atoms with van der Waals surface area (Å²) in [6.45, 7) is 2.86. The van der Waals surface area contributed by atoms with Crippen LogP contribution in [0.3, 0.4) is 0 Å². The summed E-state index contributed by atoms with van der Waals surface area (Å²) in [6, 6.07) is 12.7. The summed E-state index contributed by atoms with van der Waals surface area (Å²) in [4.78, 5) is 22.1. The summed E-state index contributed by atoms with van der Waals surface area (Å²) in [5, 5.41) is 10.9. The highest BCUT2D eigenvalue weighted by molar-refractivity contribution is 7.92. The molecule has 36 heavy (non-hydrogen) atoms. The normalized spacial score (nSPS) is 21.9. The number of sulfonamides is 1. The second kappa shape index (κ2) is 8.42. The maximum Gasteiger partial charge on any atom is 0.276 e. The molecule has 3 aliphatic rings. The van der Waals surface area contributed by atoms with Gasteiger partial charge in [-0.2, -0.15) is 4.98 Å². The number of anilines is 2. The first kappa shape index (κ1) is 22.7. The summed E-state index contributed by atoms with van der Waals surface area (Å²) in [5.74, 6) is 0.455. The Hall–Kier alpha value is -3.77. The highest BCUT2D eigenvalue weighted by Gasteiger charge is 2.45.